The van der Waals surface area contributed by atoms with Crippen LogP contribution in [0.4, 0.5) is 4.79 Å². The zero-order valence-electron chi connectivity index (χ0n) is 18.2. The minimum Gasteiger partial charge on any atom is -0.444 e. The van der Waals surface area contributed by atoms with Gasteiger partial charge in [0.2, 0.25) is 5.91 Å². The monoisotopic (exact) mass is 469 g/mol. The van der Waals surface area contributed by atoms with Crippen LogP contribution in [0.25, 0.3) is 0 Å². The van der Waals surface area contributed by atoms with Crippen molar-refractivity contribution in [3.63, 3.8) is 0 Å². The molecule has 0 saturated carbocycles. The van der Waals surface area contributed by atoms with Gasteiger partial charge in [-0.2, -0.15) is 0 Å². The third-order valence-electron chi connectivity index (χ3n) is 5.54. The SMILES string of the molecule is CC(C)(C)OC(=O)N1CCC(C(=O)N2CCN(C(=O)c3ccc(Cl)cc3Cl)CC2)CC1. The molecule has 0 spiro atoms. The van der Waals surface area contributed by atoms with E-state index in [1.807, 2.05) is 25.7 Å². The van der Waals surface area contributed by atoms with Gasteiger partial charge in [0.25, 0.3) is 5.91 Å². The lowest BCUT2D eigenvalue weighted by atomic mass is 9.95. The second-order valence-electron chi connectivity index (χ2n) is 8.98. The Morgan fingerprint density at radius 2 is 1.48 bits per heavy atom. The molecule has 0 aliphatic carbocycles. The summed E-state index contributed by atoms with van der Waals surface area (Å²) in [5, 5.41) is 0.808. The van der Waals surface area contributed by atoms with Gasteiger partial charge in [-0.1, -0.05) is 23.2 Å². The van der Waals surface area contributed by atoms with E-state index in [0.29, 0.717) is 67.7 Å². The number of hydrogen-bond acceptors (Lipinski definition) is 4. The summed E-state index contributed by atoms with van der Waals surface area (Å²) in [5.41, 5.74) is -0.114. The van der Waals surface area contributed by atoms with E-state index in [2.05, 4.69) is 0 Å². The molecule has 2 fully saturated rings. The van der Waals surface area contributed by atoms with Gasteiger partial charge in [0.1, 0.15) is 5.60 Å². The Hall–Kier alpha value is -1.99. The summed E-state index contributed by atoms with van der Waals surface area (Å²) >= 11 is 12.1. The summed E-state index contributed by atoms with van der Waals surface area (Å²) in [6.07, 6.45) is 0.918. The number of benzene rings is 1. The van der Waals surface area contributed by atoms with E-state index >= 15 is 0 Å². The maximum absolute atomic E-state index is 12.9. The number of carbonyl (C=O) groups is 3. The van der Waals surface area contributed by atoms with Gasteiger partial charge in [-0.05, 0) is 51.8 Å². The van der Waals surface area contributed by atoms with Crippen molar-refractivity contribution < 1.29 is 19.1 Å². The van der Waals surface area contributed by atoms with E-state index in [1.54, 1.807) is 28.0 Å². The molecule has 170 valence electrons. The predicted octanol–water partition coefficient (Wildman–Crippen LogP) is 3.92. The smallest absolute Gasteiger partial charge is 0.410 e. The fourth-order valence-corrected chi connectivity index (χ4v) is 4.35. The van der Waals surface area contributed by atoms with Crippen LogP contribution >= 0.6 is 23.2 Å². The van der Waals surface area contributed by atoms with Gasteiger partial charge >= 0.3 is 6.09 Å². The molecule has 0 bridgehead atoms. The summed E-state index contributed by atoms with van der Waals surface area (Å²) in [4.78, 5) is 43.1. The van der Waals surface area contributed by atoms with Crippen molar-refractivity contribution in [1.29, 1.82) is 0 Å². The number of likely N-dealkylation sites (tertiary alicyclic amines) is 1. The van der Waals surface area contributed by atoms with E-state index in [-0.39, 0.29) is 23.8 Å². The number of carbonyl (C=O) groups excluding carboxylic acids is 3. The van der Waals surface area contributed by atoms with E-state index in [0.717, 1.165) is 0 Å². The third-order valence-corrected chi connectivity index (χ3v) is 6.08. The Bertz CT molecular complexity index is 840. The lowest BCUT2D eigenvalue weighted by Gasteiger charge is -2.38. The molecule has 0 unspecified atom stereocenters. The molecular weight excluding hydrogens is 441 g/mol. The lowest BCUT2D eigenvalue weighted by Crippen LogP contribution is -2.53. The molecule has 1 aromatic carbocycles. The largest absolute Gasteiger partial charge is 0.444 e. The van der Waals surface area contributed by atoms with Crippen molar-refractivity contribution in [2.24, 2.45) is 5.92 Å². The number of piperazine rings is 1. The first-order valence-electron chi connectivity index (χ1n) is 10.6. The van der Waals surface area contributed by atoms with E-state index in [1.165, 1.54) is 0 Å². The van der Waals surface area contributed by atoms with Gasteiger partial charge in [-0.25, -0.2) is 4.79 Å². The van der Waals surface area contributed by atoms with Crippen molar-refractivity contribution in [3.8, 4) is 0 Å². The molecule has 0 aromatic heterocycles. The molecule has 31 heavy (non-hydrogen) atoms. The first kappa shape index (κ1) is 23.7. The Morgan fingerprint density at radius 1 is 0.903 bits per heavy atom. The summed E-state index contributed by atoms with van der Waals surface area (Å²) in [7, 11) is 0. The van der Waals surface area contributed by atoms with E-state index < -0.39 is 5.60 Å². The van der Waals surface area contributed by atoms with Crippen LogP contribution in [0.3, 0.4) is 0 Å². The highest BCUT2D eigenvalue weighted by Crippen LogP contribution is 2.25. The Labute approximate surface area is 193 Å². The molecule has 7 nitrogen and oxygen atoms in total. The maximum Gasteiger partial charge on any atom is 0.410 e. The minimum atomic E-state index is -0.531. The summed E-state index contributed by atoms with van der Waals surface area (Å²) < 4.78 is 5.41. The predicted molar refractivity (Wildman–Crippen MR) is 119 cm³/mol. The van der Waals surface area contributed by atoms with Gasteiger partial charge < -0.3 is 19.4 Å². The summed E-state index contributed by atoms with van der Waals surface area (Å²) in [6, 6.07) is 4.83. The van der Waals surface area contributed by atoms with Crippen LogP contribution in [0.5, 0.6) is 0 Å². The number of amides is 3. The normalized spacial score (nSPS) is 18.2. The molecular formula is C22H29Cl2N3O4. The molecule has 1 aromatic rings. The number of nitrogens with zero attached hydrogens (tertiary/aromatic N) is 3. The summed E-state index contributed by atoms with van der Waals surface area (Å²) in [5.74, 6) is -0.161. The number of piperidine rings is 1. The van der Waals surface area contributed by atoms with Crippen molar-refractivity contribution in [2.45, 2.75) is 39.2 Å². The number of halogens is 2. The van der Waals surface area contributed by atoms with Gasteiger partial charge in [0.15, 0.2) is 0 Å². The number of ether oxygens (including phenoxy) is 1. The van der Waals surface area contributed by atoms with E-state index in [4.69, 9.17) is 27.9 Å². The highest BCUT2D eigenvalue weighted by atomic mass is 35.5. The Morgan fingerprint density at radius 3 is 2.03 bits per heavy atom. The number of hydrogen-bond donors (Lipinski definition) is 0. The molecule has 2 aliphatic rings. The van der Waals surface area contributed by atoms with Crippen LogP contribution in [0.15, 0.2) is 18.2 Å². The topological polar surface area (TPSA) is 70.2 Å². The first-order valence-corrected chi connectivity index (χ1v) is 11.3. The Kier molecular flexibility index (Phi) is 7.37. The standard InChI is InChI=1S/C22H29Cl2N3O4/c1-22(2,3)31-21(30)27-8-6-15(7-9-27)19(28)25-10-12-26(13-11-25)20(29)17-5-4-16(23)14-18(17)24/h4-5,14-15H,6-13H2,1-3H3. The van der Waals surface area contributed by atoms with Crippen molar-refractivity contribution >= 4 is 41.1 Å². The molecule has 3 rings (SSSR count). The molecule has 3 amide bonds. The van der Waals surface area contributed by atoms with Crippen molar-refractivity contribution in [3.05, 3.63) is 33.8 Å². The molecule has 0 radical (unpaired) electrons. The van der Waals surface area contributed by atoms with Crippen LogP contribution in [0.1, 0.15) is 44.0 Å². The van der Waals surface area contributed by atoms with Gasteiger partial charge in [0, 0.05) is 50.2 Å². The second-order valence-corrected chi connectivity index (χ2v) is 9.83. The van der Waals surface area contributed by atoms with E-state index in [9.17, 15) is 14.4 Å². The maximum atomic E-state index is 12.9. The number of rotatable bonds is 2. The van der Waals surface area contributed by atoms with Crippen LogP contribution < -0.4 is 0 Å². The van der Waals surface area contributed by atoms with Crippen LogP contribution in [-0.4, -0.2) is 77.5 Å². The average molecular weight is 470 g/mol. The zero-order chi connectivity index (χ0) is 22.8. The molecule has 0 atom stereocenters. The summed E-state index contributed by atoms with van der Waals surface area (Å²) in [6.45, 7) is 8.44. The highest BCUT2D eigenvalue weighted by molar-refractivity contribution is 6.36. The molecule has 2 aliphatic heterocycles. The van der Waals surface area contributed by atoms with Crippen LogP contribution in [-0.2, 0) is 9.53 Å². The van der Waals surface area contributed by atoms with Crippen LogP contribution in [0.2, 0.25) is 10.0 Å². The van der Waals surface area contributed by atoms with Gasteiger partial charge in [-0.3, -0.25) is 9.59 Å². The highest BCUT2D eigenvalue weighted by Gasteiger charge is 2.34. The van der Waals surface area contributed by atoms with Gasteiger partial charge in [0.05, 0.1) is 10.6 Å². The third kappa shape index (κ3) is 6.04. The molecule has 2 saturated heterocycles. The fourth-order valence-electron chi connectivity index (χ4n) is 3.86. The molecule has 9 heteroatoms. The van der Waals surface area contributed by atoms with Crippen molar-refractivity contribution in [1.82, 2.24) is 14.7 Å². The molecule has 0 N–H and O–H groups in total. The average Bonchev–Trinajstić information content (AvgIpc) is 2.72. The lowest BCUT2D eigenvalue weighted by molar-refractivity contribution is -0.138. The Balaban J connectivity index is 1.48. The second kappa shape index (κ2) is 9.65. The fraction of sp³-hybridized carbons (Fsp3) is 0.591. The molecule has 2 heterocycles. The minimum absolute atomic E-state index is 0.0977. The zero-order valence-corrected chi connectivity index (χ0v) is 19.7. The van der Waals surface area contributed by atoms with Crippen molar-refractivity contribution in [2.75, 3.05) is 39.3 Å². The first-order chi connectivity index (χ1) is 14.5. The quantitative estimate of drug-likeness (QED) is 0.657. The van der Waals surface area contributed by atoms with Crippen LogP contribution in [0, 0.1) is 5.92 Å². The van der Waals surface area contributed by atoms with Gasteiger partial charge in [-0.15, -0.1) is 0 Å².